The fourth-order valence-corrected chi connectivity index (χ4v) is 2.52. The van der Waals surface area contributed by atoms with Crippen molar-refractivity contribution in [2.45, 2.75) is 27.7 Å². The highest BCUT2D eigenvalue weighted by atomic mass is 16.6. The Morgan fingerprint density at radius 1 is 0.913 bits per heavy atom. The molecule has 0 amide bonds. The van der Waals surface area contributed by atoms with Gasteiger partial charge in [-0.1, -0.05) is 0 Å². The molecule has 0 saturated heterocycles. The number of aryl methyl sites for hydroxylation is 4. The molecule has 0 aliphatic carbocycles. The van der Waals surface area contributed by atoms with E-state index in [4.69, 9.17) is 0 Å². The Hall–Kier alpha value is -3.10. The summed E-state index contributed by atoms with van der Waals surface area (Å²) in [6.45, 7) is 7.26. The summed E-state index contributed by atoms with van der Waals surface area (Å²) in [5, 5.41) is 20.2. The third-order valence-corrected chi connectivity index (χ3v) is 3.39. The van der Waals surface area contributed by atoms with Crippen molar-refractivity contribution in [2.24, 2.45) is 0 Å². The quantitative estimate of drug-likeness (QED) is 0.541. The van der Waals surface area contributed by atoms with Gasteiger partial charge in [0.25, 0.3) is 0 Å². The van der Waals surface area contributed by atoms with Crippen molar-refractivity contribution < 1.29 is 4.92 Å². The van der Waals surface area contributed by atoms with Crippen LogP contribution in [0.4, 0.5) is 5.69 Å². The second-order valence-corrected chi connectivity index (χ2v) is 5.30. The first-order valence-electron chi connectivity index (χ1n) is 6.95. The van der Waals surface area contributed by atoms with Crippen LogP contribution in [-0.2, 0) is 0 Å². The van der Waals surface area contributed by atoms with E-state index in [0.717, 1.165) is 22.8 Å². The highest BCUT2D eigenvalue weighted by molar-refractivity contribution is 5.58. The van der Waals surface area contributed by atoms with Crippen LogP contribution in [0.3, 0.4) is 0 Å². The van der Waals surface area contributed by atoms with E-state index >= 15 is 0 Å². The highest BCUT2D eigenvalue weighted by Crippen LogP contribution is 2.28. The van der Waals surface area contributed by atoms with Crippen LogP contribution in [0.15, 0.2) is 18.5 Å². The molecule has 0 aliphatic heterocycles. The highest BCUT2D eigenvalue weighted by Gasteiger charge is 2.28. The molecule has 9 heteroatoms. The summed E-state index contributed by atoms with van der Waals surface area (Å²) in [4.78, 5) is 19.3. The maximum absolute atomic E-state index is 11.7. The van der Waals surface area contributed by atoms with E-state index in [0.29, 0.717) is 0 Å². The lowest BCUT2D eigenvalue weighted by atomic mass is 10.3. The molecule has 9 nitrogen and oxygen atoms in total. The molecule has 3 rings (SSSR count). The maximum atomic E-state index is 11.7. The van der Waals surface area contributed by atoms with E-state index in [1.54, 1.807) is 0 Å². The maximum Gasteiger partial charge on any atom is 0.358 e. The van der Waals surface area contributed by atoms with E-state index in [9.17, 15) is 10.1 Å². The summed E-state index contributed by atoms with van der Waals surface area (Å²) in [5.74, 6) is 0.247. The zero-order chi connectivity index (χ0) is 16.7. The molecule has 0 unspecified atom stereocenters. The first kappa shape index (κ1) is 14.8. The normalized spacial score (nSPS) is 11.0. The Morgan fingerprint density at radius 2 is 1.35 bits per heavy atom. The minimum atomic E-state index is -0.502. The fraction of sp³-hybridized carbons (Fsp3) is 0.286. The molecule has 0 N–H and O–H groups in total. The van der Waals surface area contributed by atoms with Gasteiger partial charge < -0.3 is 0 Å². The van der Waals surface area contributed by atoms with E-state index in [1.807, 2.05) is 39.8 Å². The molecular weight excluding hydrogens is 298 g/mol. The third-order valence-electron chi connectivity index (χ3n) is 3.39. The largest absolute Gasteiger partial charge is 0.358 e. The van der Waals surface area contributed by atoms with Gasteiger partial charge in [-0.25, -0.2) is 19.3 Å². The zero-order valence-corrected chi connectivity index (χ0v) is 13.2. The first-order chi connectivity index (χ1) is 10.9. The lowest BCUT2D eigenvalue weighted by Gasteiger charge is -2.08. The number of hydrogen-bond acceptors (Lipinski definition) is 6. The third kappa shape index (κ3) is 2.45. The van der Waals surface area contributed by atoms with Crippen LogP contribution in [0.5, 0.6) is 0 Å². The lowest BCUT2D eigenvalue weighted by molar-refractivity contribution is -0.385. The molecule has 0 fully saturated rings. The van der Waals surface area contributed by atoms with Crippen molar-refractivity contribution in [3.63, 3.8) is 0 Å². The van der Waals surface area contributed by atoms with Gasteiger partial charge in [-0.15, -0.1) is 0 Å². The Kier molecular flexibility index (Phi) is 3.40. The minimum absolute atomic E-state index is 0.123. The molecular formula is C14H15N7O2. The molecule has 3 aromatic heterocycles. The molecule has 118 valence electrons. The van der Waals surface area contributed by atoms with Gasteiger partial charge in [0.2, 0.25) is 11.6 Å². The van der Waals surface area contributed by atoms with E-state index in [2.05, 4.69) is 20.2 Å². The Balaban J connectivity index is 2.31. The van der Waals surface area contributed by atoms with Crippen LogP contribution in [0.2, 0.25) is 0 Å². The van der Waals surface area contributed by atoms with E-state index in [1.165, 1.54) is 15.7 Å². The molecule has 0 spiro atoms. The summed E-state index contributed by atoms with van der Waals surface area (Å²) >= 11 is 0. The molecule has 0 saturated carbocycles. The monoisotopic (exact) mass is 313 g/mol. The van der Waals surface area contributed by atoms with Crippen molar-refractivity contribution in [2.75, 3.05) is 0 Å². The smallest absolute Gasteiger partial charge is 0.258 e. The van der Waals surface area contributed by atoms with Crippen molar-refractivity contribution in [1.29, 1.82) is 0 Å². The molecule has 3 aromatic rings. The second-order valence-electron chi connectivity index (χ2n) is 5.30. The van der Waals surface area contributed by atoms with Crippen molar-refractivity contribution >= 4 is 5.69 Å². The van der Waals surface area contributed by atoms with Crippen LogP contribution >= 0.6 is 0 Å². The summed E-state index contributed by atoms with van der Waals surface area (Å²) in [6, 6.07) is 3.66. The van der Waals surface area contributed by atoms with Gasteiger partial charge in [0.1, 0.15) is 6.33 Å². The van der Waals surface area contributed by atoms with Crippen LogP contribution < -0.4 is 0 Å². The second kappa shape index (κ2) is 5.27. The Morgan fingerprint density at radius 3 is 1.65 bits per heavy atom. The SMILES string of the molecule is Cc1cc(C)n(-c2ncnc(-n3nc(C)cc3C)c2[N+](=O)[O-])n1. The Bertz CT molecular complexity index is 845. The minimum Gasteiger partial charge on any atom is -0.258 e. The number of hydrogen-bond donors (Lipinski definition) is 0. The van der Waals surface area contributed by atoms with Gasteiger partial charge in [-0.3, -0.25) is 10.1 Å². The molecule has 0 aromatic carbocycles. The van der Waals surface area contributed by atoms with Crippen LogP contribution in [0, 0.1) is 37.8 Å². The molecule has 0 aliphatic rings. The predicted octanol–water partition coefficient (Wildman–Crippen LogP) is 1.99. The standard InChI is InChI=1S/C14H15N7O2/c1-8-5-10(3)19(17-8)13-12(21(22)23)14(16-7-15-13)20-11(4)6-9(2)18-20/h5-7H,1-4H3. The van der Waals surface area contributed by atoms with Crippen LogP contribution in [0.1, 0.15) is 22.8 Å². The van der Waals surface area contributed by atoms with Gasteiger partial charge in [0, 0.05) is 11.4 Å². The summed E-state index contributed by atoms with van der Waals surface area (Å²) in [5.41, 5.74) is 2.78. The number of nitrogens with zero attached hydrogens (tertiary/aromatic N) is 7. The molecule has 0 radical (unpaired) electrons. The molecule has 3 heterocycles. The molecule has 23 heavy (non-hydrogen) atoms. The molecule has 0 atom stereocenters. The lowest BCUT2D eigenvalue weighted by Crippen LogP contribution is -2.12. The summed E-state index contributed by atoms with van der Waals surface area (Å²) in [7, 11) is 0. The number of aromatic nitrogens is 6. The van der Waals surface area contributed by atoms with Gasteiger partial charge in [-0.05, 0) is 39.8 Å². The number of rotatable bonds is 3. The molecule has 0 bridgehead atoms. The van der Waals surface area contributed by atoms with Crippen molar-refractivity contribution in [3.05, 3.63) is 51.4 Å². The van der Waals surface area contributed by atoms with Crippen molar-refractivity contribution in [1.82, 2.24) is 29.5 Å². The van der Waals surface area contributed by atoms with Crippen LogP contribution in [0.25, 0.3) is 11.6 Å². The summed E-state index contributed by atoms with van der Waals surface area (Å²) < 4.78 is 2.90. The van der Waals surface area contributed by atoms with Crippen LogP contribution in [-0.4, -0.2) is 34.5 Å². The topological polar surface area (TPSA) is 105 Å². The van der Waals surface area contributed by atoms with Gasteiger partial charge in [0.05, 0.1) is 16.3 Å². The van der Waals surface area contributed by atoms with Gasteiger partial charge in [-0.2, -0.15) is 10.2 Å². The summed E-state index contributed by atoms with van der Waals surface area (Å²) in [6.07, 6.45) is 1.28. The van der Waals surface area contributed by atoms with Gasteiger partial charge >= 0.3 is 5.69 Å². The fourth-order valence-electron chi connectivity index (χ4n) is 2.52. The first-order valence-corrected chi connectivity index (χ1v) is 6.95. The van der Waals surface area contributed by atoms with E-state index in [-0.39, 0.29) is 17.3 Å². The van der Waals surface area contributed by atoms with Crippen molar-refractivity contribution in [3.8, 4) is 11.6 Å². The predicted molar refractivity (Wildman–Crippen MR) is 81.9 cm³/mol. The average molecular weight is 313 g/mol. The Labute approximate surface area is 131 Å². The average Bonchev–Trinajstić information content (AvgIpc) is 2.99. The van der Waals surface area contributed by atoms with Gasteiger partial charge in [0.15, 0.2) is 0 Å². The zero-order valence-electron chi connectivity index (χ0n) is 13.2. The number of nitro groups is 1. The van der Waals surface area contributed by atoms with E-state index < -0.39 is 4.92 Å².